The predicted octanol–water partition coefficient (Wildman–Crippen LogP) is 5.42. The summed E-state index contributed by atoms with van der Waals surface area (Å²) in [5.41, 5.74) is 2.36. The zero-order chi connectivity index (χ0) is 22.7. The molecule has 1 amide bonds. The van der Waals surface area contributed by atoms with E-state index in [4.69, 9.17) is 16.1 Å². The summed E-state index contributed by atoms with van der Waals surface area (Å²) < 4.78 is 5.51. The number of carbonyl (C=O) groups excluding carboxylic acids is 1. The second kappa shape index (κ2) is 9.20. The van der Waals surface area contributed by atoms with E-state index >= 15 is 0 Å². The molecule has 1 aliphatic rings. The quantitative estimate of drug-likeness (QED) is 0.387. The summed E-state index contributed by atoms with van der Waals surface area (Å²) >= 11 is 5.97. The van der Waals surface area contributed by atoms with E-state index in [9.17, 15) is 4.79 Å². The van der Waals surface area contributed by atoms with Crippen molar-refractivity contribution < 1.29 is 9.32 Å². The molecule has 5 rings (SSSR count). The van der Waals surface area contributed by atoms with Gasteiger partial charge >= 0.3 is 0 Å². The highest BCUT2D eigenvalue weighted by Crippen LogP contribution is 2.41. The first-order valence-electron chi connectivity index (χ1n) is 11.1. The molecular weight excluding hydrogens is 434 g/mol. The van der Waals surface area contributed by atoms with Gasteiger partial charge in [-0.05, 0) is 41.7 Å². The van der Waals surface area contributed by atoms with Gasteiger partial charge in [0.2, 0.25) is 11.8 Å². The molecule has 2 heterocycles. The summed E-state index contributed by atoms with van der Waals surface area (Å²) in [6, 6.07) is 27.7. The number of carbonyl (C=O) groups is 1. The van der Waals surface area contributed by atoms with Gasteiger partial charge in [-0.3, -0.25) is 4.79 Å². The van der Waals surface area contributed by atoms with Gasteiger partial charge in [0.1, 0.15) is 6.54 Å². The van der Waals surface area contributed by atoms with Gasteiger partial charge < -0.3 is 9.42 Å². The first-order valence-corrected chi connectivity index (χ1v) is 11.5. The van der Waals surface area contributed by atoms with Gasteiger partial charge in [0.05, 0.1) is 5.41 Å². The lowest BCUT2D eigenvalue weighted by atomic mass is 9.68. The van der Waals surface area contributed by atoms with Crippen LogP contribution >= 0.6 is 11.6 Å². The molecule has 3 aromatic carbocycles. The molecule has 0 radical (unpaired) electrons. The van der Waals surface area contributed by atoms with E-state index in [1.54, 1.807) is 0 Å². The van der Waals surface area contributed by atoms with Gasteiger partial charge in [-0.2, -0.15) is 4.98 Å². The van der Waals surface area contributed by atoms with Gasteiger partial charge in [-0.25, -0.2) is 0 Å². The molecule has 0 N–H and O–H groups in total. The molecule has 0 unspecified atom stereocenters. The minimum atomic E-state index is -0.715. The first-order chi connectivity index (χ1) is 16.1. The van der Waals surface area contributed by atoms with Crippen LogP contribution in [0.4, 0.5) is 0 Å². The summed E-state index contributed by atoms with van der Waals surface area (Å²) in [5.74, 6) is 1.11. The average Bonchev–Trinajstić information content (AvgIpc) is 3.30. The van der Waals surface area contributed by atoms with Crippen LogP contribution in [0, 0.1) is 0 Å². The Hall–Kier alpha value is -3.44. The van der Waals surface area contributed by atoms with E-state index in [2.05, 4.69) is 10.1 Å². The molecule has 0 saturated carbocycles. The molecule has 1 aromatic heterocycles. The van der Waals surface area contributed by atoms with Crippen molar-refractivity contribution >= 4 is 17.5 Å². The zero-order valence-electron chi connectivity index (χ0n) is 18.2. The average molecular weight is 458 g/mol. The molecular formula is C27H24ClN3O2. The number of benzene rings is 3. The SMILES string of the molecule is O=C1N(Cc2nc(Cc3ccc(Cl)cc3)no2)CCCC1(c1ccccc1)c1ccccc1. The van der Waals surface area contributed by atoms with Crippen molar-refractivity contribution in [3.63, 3.8) is 0 Å². The molecule has 0 bridgehead atoms. The number of likely N-dealkylation sites (tertiary alicyclic amines) is 1. The summed E-state index contributed by atoms with van der Waals surface area (Å²) in [4.78, 5) is 20.4. The van der Waals surface area contributed by atoms with Crippen LogP contribution in [0.15, 0.2) is 89.5 Å². The Bertz CT molecular complexity index is 1180. The van der Waals surface area contributed by atoms with Crippen LogP contribution in [0.25, 0.3) is 0 Å². The number of piperidine rings is 1. The largest absolute Gasteiger partial charge is 0.337 e. The fraction of sp³-hybridized carbons (Fsp3) is 0.222. The van der Waals surface area contributed by atoms with Crippen molar-refractivity contribution in [2.75, 3.05) is 6.54 Å². The summed E-state index contributed by atoms with van der Waals surface area (Å²) in [7, 11) is 0. The molecule has 5 nitrogen and oxygen atoms in total. The molecule has 0 atom stereocenters. The van der Waals surface area contributed by atoms with Gasteiger partial charge in [0.25, 0.3) is 0 Å². The maximum Gasteiger partial charge on any atom is 0.246 e. The normalized spacial score (nSPS) is 15.5. The van der Waals surface area contributed by atoms with Crippen molar-refractivity contribution in [1.82, 2.24) is 15.0 Å². The third kappa shape index (κ3) is 4.29. The minimum absolute atomic E-state index is 0.0728. The van der Waals surface area contributed by atoms with Crippen LogP contribution < -0.4 is 0 Å². The standard InChI is InChI=1S/C27H24ClN3O2/c28-23-14-12-20(13-15-23)18-24-29-25(33-30-24)19-31-17-7-16-27(26(31)32,21-8-3-1-4-9-21)22-10-5-2-6-11-22/h1-6,8-15H,7,16-19H2. The van der Waals surface area contributed by atoms with Crippen molar-refractivity contribution in [3.05, 3.63) is 118 Å². The Balaban J connectivity index is 1.40. The third-order valence-electron chi connectivity index (χ3n) is 6.28. The molecule has 33 heavy (non-hydrogen) atoms. The van der Waals surface area contributed by atoms with E-state index in [0.29, 0.717) is 36.2 Å². The molecule has 0 spiro atoms. The number of hydrogen-bond acceptors (Lipinski definition) is 4. The zero-order valence-corrected chi connectivity index (χ0v) is 18.9. The maximum atomic E-state index is 14.0. The molecule has 6 heteroatoms. The van der Waals surface area contributed by atoms with Crippen molar-refractivity contribution in [2.45, 2.75) is 31.2 Å². The lowest BCUT2D eigenvalue weighted by Gasteiger charge is -2.42. The van der Waals surface area contributed by atoms with Crippen LogP contribution in [0.3, 0.4) is 0 Å². The van der Waals surface area contributed by atoms with Gasteiger partial charge in [-0.1, -0.05) is 89.6 Å². The lowest BCUT2D eigenvalue weighted by Crippen LogP contribution is -2.51. The van der Waals surface area contributed by atoms with E-state index < -0.39 is 5.41 Å². The van der Waals surface area contributed by atoms with Crippen LogP contribution in [-0.4, -0.2) is 27.5 Å². The fourth-order valence-corrected chi connectivity index (χ4v) is 4.81. The summed E-state index contributed by atoms with van der Waals surface area (Å²) in [5, 5.41) is 4.81. The summed E-state index contributed by atoms with van der Waals surface area (Å²) in [6.07, 6.45) is 2.20. The molecule has 0 aliphatic carbocycles. The van der Waals surface area contributed by atoms with E-state index in [1.165, 1.54) is 0 Å². The van der Waals surface area contributed by atoms with E-state index in [-0.39, 0.29) is 5.91 Å². The van der Waals surface area contributed by atoms with Gasteiger partial charge in [0.15, 0.2) is 5.82 Å². The molecule has 4 aromatic rings. The Morgan fingerprint density at radius 3 is 2.18 bits per heavy atom. The smallest absolute Gasteiger partial charge is 0.246 e. The Kier molecular flexibility index (Phi) is 5.97. The highest BCUT2D eigenvalue weighted by atomic mass is 35.5. The summed E-state index contributed by atoms with van der Waals surface area (Å²) in [6.45, 7) is 0.961. The molecule has 1 saturated heterocycles. The number of nitrogens with zero attached hydrogens (tertiary/aromatic N) is 3. The third-order valence-corrected chi connectivity index (χ3v) is 6.53. The highest BCUT2D eigenvalue weighted by Gasteiger charge is 2.46. The Labute approximate surface area is 198 Å². The number of aromatic nitrogens is 2. The van der Waals surface area contributed by atoms with Crippen molar-refractivity contribution in [1.29, 1.82) is 0 Å². The van der Waals surface area contributed by atoms with Crippen molar-refractivity contribution in [2.24, 2.45) is 0 Å². The highest BCUT2D eigenvalue weighted by molar-refractivity contribution is 6.30. The minimum Gasteiger partial charge on any atom is -0.337 e. The fourth-order valence-electron chi connectivity index (χ4n) is 4.69. The van der Waals surface area contributed by atoms with Crippen LogP contribution in [0.1, 0.15) is 41.2 Å². The molecule has 1 aliphatic heterocycles. The second-order valence-electron chi connectivity index (χ2n) is 8.38. The lowest BCUT2D eigenvalue weighted by molar-refractivity contribution is -0.140. The second-order valence-corrected chi connectivity index (χ2v) is 8.81. The Morgan fingerprint density at radius 2 is 1.55 bits per heavy atom. The monoisotopic (exact) mass is 457 g/mol. The Morgan fingerprint density at radius 1 is 0.909 bits per heavy atom. The van der Waals surface area contributed by atoms with Crippen LogP contribution in [0.5, 0.6) is 0 Å². The number of hydrogen-bond donors (Lipinski definition) is 0. The predicted molar refractivity (Wildman–Crippen MR) is 127 cm³/mol. The maximum absolute atomic E-state index is 14.0. The van der Waals surface area contributed by atoms with Crippen LogP contribution in [-0.2, 0) is 23.2 Å². The number of amides is 1. The van der Waals surface area contributed by atoms with Gasteiger partial charge in [0, 0.05) is 18.0 Å². The van der Waals surface area contributed by atoms with E-state index in [1.807, 2.05) is 89.8 Å². The number of halogens is 1. The molecule has 166 valence electrons. The first kappa shape index (κ1) is 21.4. The van der Waals surface area contributed by atoms with Gasteiger partial charge in [-0.15, -0.1) is 0 Å². The van der Waals surface area contributed by atoms with E-state index in [0.717, 1.165) is 29.5 Å². The topological polar surface area (TPSA) is 59.2 Å². The van der Waals surface area contributed by atoms with Crippen molar-refractivity contribution in [3.8, 4) is 0 Å². The molecule has 1 fully saturated rings. The van der Waals surface area contributed by atoms with Crippen LogP contribution in [0.2, 0.25) is 5.02 Å². The number of rotatable bonds is 6.